The second-order valence-corrected chi connectivity index (χ2v) is 2.05. The number of aromatic nitrogens is 2. The van der Waals surface area contributed by atoms with Gasteiger partial charge in [-0.2, -0.15) is 0 Å². The highest BCUT2D eigenvalue weighted by molar-refractivity contribution is 6.37. The number of nitrogen functional groups attached to an aromatic ring is 2. The standard InChI is InChI=1S/C6H7N5O/c7-3(1-12)4-5(8)10-2-11-6(4)9/h1-2,7H,(H4,8,9,10,11). The maximum absolute atomic E-state index is 10.2. The molecule has 0 aromatic carbocycles. The Morgan fingerprint density at radius 1 is 1.42 bits per heavy atom. The minimum atomic E-state index is -0.314. The second kappa shape index (κ2) is 2.95. The molecule has 12 heavy (non-hydrogen) atoms. The minimum absolute atomic E-state index is 0.0413. The van der Waals surface area contributed by atoms with Crippen molar-refractivity contribution >= 4 is 23.6 Å². The van der Waals surface area contributed by atoms with Gasteiger partial charge in [0.25, 0.3) is 0 Å². The van der Waals surface area contributed by atoms with Crippen molar-refractivity contribution in [2.24, 2.45) is 0 Å². The zero-order valence-corrected chi connectivity index (χ0v) is 6.11. The van der Waals surface area contributed by atoms with E-state index < -0.39 is 0 Å². The fourth-order valence-corrected chi connectivity index (χ4v) is 0.748. The summed E-state index contributed by atoms with van der Waals surface area (Å²) >= 11 is 0. The van der Waals surface area contributed by atoms with Crippen molar-refractivity contribution in [3.05, 3.63) is 11.9 Å². The number of nitrogens with zero attached hydrogens (tertiary/aromatic N) is 2. The van der Waals surface area contributed by atoms with Crippen LogP contribution in [0.15, 0.2) is 6.33 Å². The Kier molecular flexibility index (Phi) is 2.00. The van der Waals surface area contributed by atoms with E-state index in [-0.39, 0.29) is 22.9 Å². The van der Waals surface area contributed by atoms with Gasteiger partial charge in [-0.25, -0.2) is 9.97 Å². The molecule has 0 aliphatic heterocycles. The lowest BCUT2D eigenvalue weighted by Gasteiger charge is -2.02. The van der Waals surface area contributed by atoms with E-state index in [1.807, 2.05) is 0 Å². The van der Waals surface area contributed by atoms with Gasteiger partial charge in [0.15, 0.2) is 6.29 Å². The van der Waals surface area contributed by atoms with Crippen molar-refractivity contribution in [3.8, 4) is 0 Å². The fourth-order valence-electron chi connectivity index (χ4n) is 0.748. The van der Waals surface area contributed by atoms with Crippen LogP contribution in [-0.4, -0.2) is 22.0 Å². The van der Waals surface area contributed by atoms with E-state index in [9.17, 15) is 4.79 Å². The molecule has 0 fully saturated rings. The van der Waals surface area contributed by atoms with Crippen LogP contribution in [0.3, 0.4) is 0 Å². The summed E-state index contributed by atoms with van der Waals surface area (Å²) in [6.07, 6.45) is 1.51. The topological polar surface area (TPSA) is 119 Å². The summed E-state index contributed by atoms with van der Waals surface area (Å²) in [7, 11) is 0. The number of anilines is 2. The van der Waals surface area contributed by atoms with E-state index in [0.717, 1.165) is 0 Å². The molecule has 6 heteroatoms. The SMILES string of the molecule is N=C(C=O)c1c(N)ncnc1N. The summed E-state index contributed by atoms with van der Waals surface area (Å²) in [5.74, 6) is 0.0826. The van der Waals surface area contributed by atoms with E-state index in [2.05, 4.69) is 9.97 Å². The molecule has 5 N–H and O–H groups in total. The van der Waals surface area contributed by atoms with Gasteiger partial charge in [-0.05, 0) is 0 Å². The average Bonchev–Trinajstić information content (AvgIpc) is 2.03. The van der Waals surface area contributed by atoms with Gasteiger partial charge >= 0.3 is 0 Å². The Labute approximate surface area is 68.1 Å². The molecule has 6 nitrogen and oxygen atoms in total. The van der Waals surface area contributed by atoms with Gasteiger partial charge in [0, 0.05) is 0 Å². The number of nitrogens with one attached hydrogen (secondary N) is 1. The number of hydrogen-bond acceptors (Lipinski definition) is 6. The molecule has 62 valence electrons. The van der Waals surface area contributed by atoms with Gasteiger partial charge in [-0.15, -0.1) is 0 Å². The van der Waals surface area contributed by atoms with Crippen LogP contribution in [0.4, 0.5) is 11.6 Å². The third kappa shape index (κ3) is 1.22. The molecule has 0 aliphatic carbocycles. The first-order chi connectivity index (χ1) is 5.66. The summed E-state index contributed by atoms with van der Waals surface area (Å²) in [4.78, 5) is 17.4. The van der Waals surface area contributed by atoms with Crippen LogP contribution < -0.4 is 11.5 Å². The minimum Gasteiger partial charge on any atom is -0.383 e. The van der Waals surface area contributed by atoms with Gasteiger partial charge < -0.3 is 11.5 Å². The number of carbonyl (C=O) groups is 1. The molecule has 0 saturated carbocycles. The van der Waals surface area contributed by atoms with E-state index in [1.165, 1.54) is 6.33 Å². The highest BCUT2D eigenvalue weighted by Crippen LogP contribution is 2.12. The molecule has 0 bridgehead atoms. The number of carbonyl (C=O) groups excluding carboxylic acids is 1. The second-order valence-electron chi connectivity index (χ2n) is 2.05. The van der Waals surface area contributed by atoms with Gasteiger partial charge in [-0.3, -0.25) is 10.2 Å². The van der Waals surface area contributed by atoms with Crippen molar-refractivity contribution < 1.29 is 4.79 Å². The zero-order valence-electron chi connectivity index (χ0n) is 6.11. The van der Waals surface area contributed by atoms with Crippen molar-refractivity contribution in [3.63, 3.8) is 0 Å². The third-order valence-corrected chi connectivity index (χ3v) is 1.29. The van der Waals surface area contributed by atoms with Crippen LogP contribution in [0.2, 0.25) is 0 Å². The van der Waals surface area contributed by atoms with Gasteiger partial charge in [0.05, 0.1) is 5.56 Å². The first-order valence-electron chi connectivity index (χ1n) is 3.07. The Bertz CT molecular complexity index is 314. The molecule has 1 heterocycles. The average molecular weight is 165 g/mol. The van der Waals surface area contributed by atoms with Gasteiger partial charge in [0.1, 0.15) is 23.7 Å². The number of hydrogen-bond donors (Lipinski definition) is 3. The smallest absolute Gasteiger partial charge is 0.168 e. The zero-order chi connectivity index (χ0) is 9.14. The van der Waals surface area contributed by atoms with Crippen LogP contribution in [0.1, 0.15) is 5.56 Å². The molecule has 0 amide bonds. The van der Waals surface area contributed by atoms with Crippen molar-refractivity contribution in [2.45, 2.75) is 0 Å². The molecule has 1 aromatic rings. The Hall–Kier alpha value is -1.98. The summed E-state index contributed by atoms with van der Waals surface area (Å²) in [6.45, 7) is 0. The lowest BCUT2D eigenvalue weighted by atomic mass is 10.2. The lowest BCUT2D eigenvalue weighted by Crippen LogP contribution is -2.11. The van der Waals surface area contributed by atoms with Crippen LogP contribution in [-0.2, 0) is 4.79 Å². The van der Waals surface area contributed by atoms with Gasteiger partial charge in [0.2, 0.25) is 0 Å². The fraction of sp³-hybridized carbons (Fsp3) is 0. The predicted octanol–water partition coefficient (Wildman–Crippen LogP) is -0.792. The van der Waals surface area contributed by atoms with Crippen molar-refractivity contribution in [1.29, 1.82) is 5.41 Å². The van der Waals surface area contributed by atoms with Gasteiger partial charge in [-0.1, -0.05) is 0 Å². The normalized spacial score (nSPS) is 9.33. The first kappa shape index (κ1) is 8.12. The molecular weight excluding hydrogens is 158 g/mol. The first-order valence-corrected chi connectivity index (χ1v) is 3.07. The Morgan fingerprint density at radius 3 is 2.33 bits per heavy atom. The maximum Gasteiger partial charge on any atom is 0.168 e. The molecule has 1 rings (SSSR count). The summed E-state index contributed by atoms with van der Waals surface area (Å²) in [5, 5.41) is 7.15. The summed E-state index contributed by atoms with van der Waals surface area (Å²) < 4.78 is 0. The maximum atomic E-state index is 10.2. The van der Waals surface area contributed by atoms with E-state index in [0.29, 0.717) is 6.29 Å². The highest BCUT2D eigenvalue weighted by atomic mass is 16.1. The quantitative estimate of drug-likeness (QED) is 0.392. The largest absolute Gasteiger partial charge is 0.383 e. The van der Waals surface area contributed by atoms with Crippen LogP contribution in [0.25, 0.3) is 0 Å². The highest BCUT2D eigenvalue weighted by Gasteiger charge is 2.10. The predicted molar refractivity (Wildman–Crippen MR) is 43.7 cm³/mol. The van der Waals surface area contributed by atoms with E-state index in [4.69, 9.17) is 16.9 Å². The Balaban J connectivity index is 3.30. The molecule has 0 spiro atoms. The van der Waals surface area contributed by atoms with Crippen LogP contribution >= 0.6 is 0 Å². The molecule has 0 aliphatic rings. The molecule has 0 atom stereocenters. The van der Waals surface area contributed by atoms with E-state index >= 15 is 0 Å². The summed E-state index contributed by atoms with van der Waals surface area (Å²) in [5.41, 5.74) is 10.5. The van der Waals surface area contributed by atoms with Crippen LogP contribution in [0.5, 0.6) is 0 Å². The lowest BCUT2D eigenvalue weighted by molar-refractivity contribution is -0.102. The third-order valence-electron chi connectivity index (χ3n) is 1.29. The van der Waals surface area contributed by atoms with Crippen LogP contribution in [0, 0.1) is 5.41 Å². The molecule has 0 saturated heterocycles. The summed E-state index contributed by atoms with van der Waals surface area (Å²) in [6, 6.07) is 0. The van der Waals surface area contributed by atoms with Crippen molar-refractivity contribution in [1.82, 2.24) is 9.97 Å². The molecule has 0 unspecified atom stereocenters. The molecular formula is C6H7N5O. The number of nitrogens with two attached hydrogens (primary N) is 2. The van der Waals surface area contributed by atoms with E-state index in [1.54, 1.807) is 0 Å². The van der Waals surface area contributed by atoms with Crippen molar-refractivity contribution in [2.75, 3.05) is 11.5 Å². The molecule has 0 radical (unpaired) electrons. The molecule has 1 aromatic heterocycles. The number of aldehydes is 1. The number of rotatable bonds is 2. The monoisotopic (exact) mass is 165 g/mol. The Morgan fingerprint density at radius 2 is 1.92 bits per heavy atom.